The summed E-state index contributed by atoms with van der Waals surface area (Å²) in [5.74, 6) is 1.21. The second-order valence-electron chi connectivity index (χ2n) is 5.60. The molecule has 26 heavy (non-hydrogen) atoms. The Bertz CT molecular complexity index is 945. The van der Waals surface area contributed by atoms with Crippen molar-refractivity contribution in [3.05, 3.63) is 70.2 Å². The fourth-order valence-electron chi connectivity index (χ4n) is 2.46. The van der Waals surface area contributed by atoms with Crippen LogP contribution in [0.2, 0.25) is 5.02 Å². The molecule has 0 unspecified atom stereocenters. The van der Waals surface area contributed by atoms with Crippen LogP contribution in [0.5, 0.6) is 11.6 Å². The van der Waals surface area contributed by atoms with Crippen LogP contribution in [0.4, 0.5) is 5.82 Å². The average molecular weight is 369 g/mol. The number of nitrogens with two attached hydrogens (primary N) is 1. The second-order valence-corrected chi connectivity index (χ2v) is 6.04. The van der Waals surface area contributed by atoms with Gasteiger partial charge in [0.25, 0.3) is 5.88 Å². The number of halogens is 1. The van der Waals surface area contributed by atoms with Gasteiger partial charge in [0.1, 0.15) is 24.2 Å². The molecule has 3 rings (SSSR count). The molecule has 0 bridgehead atoms. The van der Waals surface area contributed by atoms with Gasteiger partial charge in [0.05, 0.1) is 13.7 Å². The van der Waals surface area contributed by atoms with Crippen molar-refractivity contribution in [2.24, 2.45) is 0 Å². The highest BCUT2D eigenvalue weighted by Gasteiger charge is 2.17. The van der Waals surface area contributed by atoms with Crippen molar-refractivity contribution in [3.63, 3.8) is 0 Å². The van der Waals surface area contributed by atoms with Crippen LogP contribution >= 0.6 is 11.6 Å². The summed E-state index contributed by atoms with van der Waals surface area (Å²) in [7, 11) is 1.60. The van der Waals surface area contributed by atoms with Crippen molar-refractivity contribution in [1.29, 1.82) is 5.26 Å². The number of anilines is 1. The number of aromatic nitrogens is 2. The molecule has 0 spiro atoms. The van der Waals surface area contributed by atoms with Crippen molar-refractivity contribution >= 4 is 17.4 Å². The first-order chi connectivity index (χ1) is 12.6. The van der Waals surface area contributed by atoms with E-state index in [4.69, 9.17) is 26.8 Å². The Morgan fingerprint density at radius 1 is 1.19 bits per heavy atom. The summed E-state index contributed by atoms with van der Waals surface area (Å²) in [6.07, 6.45) is 0. The first kappa shape index (κ1) is 17.6. The quantitative estimate of drug-likeness (QED) is 0.718. The van der Waals surface area contributed by atoms with E-state index in [1.807, 2.05) is 36.4 Å². The average Bonchev–Trinajstić information content (AvgIpc) is 2.96. The van der Waals surface area contributed by atoms with Crippen molar-refractivity contribution in [1.82, 2.24) is 9.78 Å². The van der Waals surface area contributed by atoms with Gasteiger partial charge in [-0.3, -0.25) is 0 Å². The highest BCUT2D eigenvalue weighted by atomic mass is 35.5. The topological polar surface area (TPSA) is 86.1 Å². The molecular formula is C19H17ClN4O2. The highest BCUT2D eigenvalue weighted by molar-refractivity contribution is 6.30. The van der Waals surface area contributed by atoms with E-state index in [1.165, 1.54) is 0 Å². The lowest BCUT2D eigenvalue weighted by atomic mass is 10.2. The fourth-order valence-corrected chi connectivity index (χ4v) is 2.58. The molecule has 2 aromatic carbocycles. The Balaban J connectivity index is 1.79. The fraction of sp³-hybridized carbons (Fsp3) is 0.158. The minimum absolute atomic E-state index is 0.210. The van der Waals surface area contributed by atoms with Crippen LogP contribution in [0, 0.1) is 11.3 Å². The number of hydrogen-bond acceptors (Lipinski definition) is 5. The van der Waals surface area contributed by atoms with E-state index in [1.54, 1.807) is 23.9 Å². The van der Waals surface area contributed by atoms with E-state index in [-0.39, 0.29) is 23.9 Å². The number of ether oxygens (including phenoxy) is 2. The lowest BCUT2D eigenvalue weighted by molar-refractivity contribution is 0.288. The summed E-state index contributed by atoms with van der Waals surface area (Å²) in [5.41, 5.74) is 8.15. The van der Waals surface area contributed by atoms with Crippen LogP contribution in [0.25, 0.3) is 0 Å². The van der Waals surface area contributed by atoms with Gasteiger partial charge in [0.15, 0.2) is 5.56 Å². The third-order valence-electron chi connectivity index (χ3n) is 3.83. The zero-order valence-electron chi connectivity index (χ0n) is 14.1. The predicted molar refractivity (Wildman–Crippen MR) is 99.2 cm³/mol. The van der Waals surface area contributed by atoms with E-state index >= 15 is 0 Å². The van der Waals surface area contributed by atoms with Gasteiger partial charge in [-0.05, 0) is 35.4 Å². The molecule has 7 heteroatoms. The molecule has 1 heterocycles. The molecule has 0 saturated heterocycles. The minimum atomic E-state index is 0.210. The van der Waals surface area contributed by atoms with Crippen LogP contribution in [0.1, 0.15) is 16.7 Å². The van der Waals surface area contributed by atoms with Crippen LogP contribution in [0.3, 0.4) is 0 Å². The maximum Gasteiger partial charge on any atom is 0.253 e. The van der Waals surface area contributed by atoms with Crippen LogP contribution in [-0.2, 0) is 13.2 Å². The van der Waals surface area contributed by atoms with E-state index in [9.17, 15) is 5.26 Å². The normalized spacial score (nSPS) is 10.3. The Morgan fingerprint density at radius 3 is 2.65 bits per heavy atom. The number of nitriles is 1. The van der Waals surface area contributed by atoms with Crippen LogP contribution < -0.4 is 15.2 Å². The maximum absolute atomic E-state index is 9.39. The monoisotopic (exact) mass is 368 g/mol. The SMILES string of the molecule is COc1cccc(COc2nn(Cc3ccc(Cl)cc3)c(N)c2C#N)c1. The van der Waals surface area contributed by atoms with E-state index in [2.05, 4.69) is 11.2 Å². The van der Waals surface area contributed by atoms with Crippen molar-refractivity contribution < 1.29 is 9.47 Å². The number of rotatable bonds is 6. The molecule has 3 aromatic rings. The molecule has 0 saturated carbocycles. The van der Waals surface area contributed by atoms with Crippen LogP contribution in [0.15, 0.2) is 48.5 Å². The van der Waals surface area contributed by atoms with Gasteiger partial charge in [-0.15, -0.1) is 5.10 Å². The maximum atomic E-state index is 9.39. The highest BCUT2D eigenvalue weighted by Crippen LogP contribution is 2.25. The van der Waals surface area contributed by atoms with E-state index in [0.29, 0.717) is 11.6 Å². The van der Waals surface area contributed by atoms with Crippen LogP contribution in [-0.4, -0.2) is 16.9 Å². The molecule has 132 valence electrons. The molecule has 0 atom stereocenters. The van der Waals surface area contributed by atoms with Crippen molar-refractivity contribution in [2.45, 2.75) is 13.2 Å². The summed E-state index contributed by atoms with van der Waals surface area (Å²) in [5, 5.41) is 14.4. The minimum Gasteiger partial charge on any atom is -0.497 e. The molecule has 0 radical (unpaired) electrons. The van der Waals surface area contributed by atoms with Gasteiger partial charge < -0.3 is 15.2 Å². The lowest BCUT2D eigenvalue weighted by Gasteiger charge is -2.06. The molecular weight excluding hydrogens is 352 g/mol. The van der Waals surface area contributed by atoms with Gasteiger partial charge in [0.2, 0.25) is 0 Å². The summed E-state index contributed by atoms with van der Waals surface area (Å²) >= 11 is 5.90. The Kier molecular flexibility index (Phi) is 5.30. The van der Waals surface area contributed by atoms with Crippen molar-refractivity contribution in [2.75, 3.05) is 12.8 Å². The van der Waals surface area contributed by atoms with Gasteiger partial charge in [-0.1, -0.05) is 35.9 Å². The predicted octanol–water partition coefficient (Wildman–Crippen LogP) is 3.63. The molecule has 0 aliphatic rings. The Morgan fingerprint density at radius 2 is 1.96 bits per heavy atom. The second kappa shape index (κ2) is 7.81. The number of nitrogens with zero attached hydrogens (tertiary/aromatic N) is 3. The third kappa shape index (κ3) is 3.90. The summed E-state index contributed by atoms with van der Waals surface area (Å²) < 4.78 is 12.5. The summed E-state index contributed by atoms with van der Waals surface area (Å²) in [4.78, 5) is 0. The largest absolute Gasteiger partial charge is 0.497 e. The zero-order chi connectivity index (χ0) is 18.5. The smallest absolute Gasteiger partial charge is 0.253 e. The Hall–Kier alpha value is -3.17. The number of nitrogen functional groups attached to an aromatic ring is 1. The Labute approximate surface area is 156 Å². The number of hydrogen-bond donors (Lipinski definition) is 1. The molecule has 0 aliphatic carbocycles. The first-order valence-corrected chi connectivity index (χ1v) is 8.25. The first-order valence-electron chi connectivity index (χ1n) is 7.87. The van der Waals surface area contributed by atoms with Gasteiger partial charge in [-0.25, -0.2) is 4.68 Å². The van der Waals surface area contributed by atoms with Crippen molar-refractivity contribution in [3.8, 4) is 17.7 Å². The summed E-state index contributed by atoms with van der Waals surface area (Å²) in [6, 6.07) is 16.9. The number of methoxy groups -OCH3 is 1. The molecule has 6 nitrogen and oxygen atoms in total. The lowest BCUT2D eigenvalue weighted by Crippen LogP contribution is -2.06. The molecule has 0 amide bonds. The number of benzene rings is 2. The van der Waals surface area contributed by atoms with E-state index in [0.717, 1.165) is 16.9 Å². The molecule has 2 N–H and O–H groups in total. The van der Waals surface area contributed by atoms with Gasteiger partial charge in [-0.2, -0.15) is 5.26 Å². The molecule has 1 aromatic heterocycles. The third-order valence-corrected chi connectivity index (χ3v) is 4.08. The zero-order valence-corrected chi connectivity index (χ0v) is 14.9. The summed E-state index contributed by atoms with van der Waals surface area (Å²) in [6.45, 7) is 0.670. The molecule has 0 fully saturated rings. The van der Waals surface area contributed by atoms with Gasteiger partial charge in [0, 0.05) is 5.02 Å². The molecule has 0 aliphatic heterocycles. The van der Waals surface area contributed by atoms with Gasteiger partial charge >= 0.3 is 0 Å². The van der Waals surface area contributed by atoms with E-state index < -0.39 is 0 Å². The standard InChI is InChI=1S/C19H17ClN4O2/c1-25-16-4-2-3-14(9-16)12-26-19-17(10-21)18(22)24(23-19)11-13-5-7-15(20)8-6-13/h2-9H,11-12,22H2,1H3.